The molecule has 1 aromatic carbocycles. The van der Waals surface area contributed by atoms with Crippen molar-refractivity contribution < 1.29 is 9.53 Å². The van der Waals surface area contributed by atoms with E-state index in [4.69, 9.17) is 10.5 Å². The molecule has 0 saturated carbocycles. The van der Waals surface area contributed by atoms with Crippen molar-refractivity contribution in [3.8, 4) is 0 Å². The quantitative estimate of drug-likeness (QED) is 0.938. The normalized spacial score (nSPS) is 14.2. The van der Waals surface area contributed by atoms with Crippen LogP contribution in [0, 0.1) is 12.3 Å². The van der Waals surface area contributed by atoms with Gasteiger partial charge in [-0.15, -0.1) is 0 Å². The Balaban J connectivity index is 2.83. The van der Waals surface area contributed by atoms with Crippen LogP contribution >= 0.6 is 0 Å². The molecule has 1 unspecified atom stereocenters. The molecule has 0 aliphatic carbocycles. The van der Waals surface area contributed by atoms with Crippen molar-refractivity contribution in [2.45, 2.75) is 33.3 Å². The van der Waals surface area contributed by atoms with Crippen molar-refractivity contribution in [1.29, 1.82) is 0 Å². The number of carbonyl (C=O) groups excluding carboxylic acids is 1. The first-order chi connectivity index (χ1) is 10.3. The lowest BCUT2D eigenvalue weighted by atomic mass is 9.67. The highest BCUT2D eigenvalue weighted by atomic mass is 16.6. The zero-order chi connectivity index (χ0) is 16.4. The van der Waals surface area contributed by atoms with Crippen molar-refractivity contribution in [2.75, 3.05) is 0 Å². The summed E-state index contributed by atoms with van der Waals surface area (Å²) in [5.41, 5.74) is 6.85. The number of rotatable bonds is 3. The molecule has 1 amide bonds. The van der Waals surface area contributed by atoms with Gasteiger partial charge in [-0.25, -0.2) is 4.79 Å². The van der Waals surface area contributed by atoms with E-state index in [2.05, 4.69) is 4.98 Å². The Morgan fingerprint density at radius 3 is 2.18 bits per heavy atom. The van der Waals surface area contributed by atoms with E-state index in [1.807, 2.05) is 64.1 Å². The van der Waals surface area contributed by atoms with Crippen molar-refractivity contribution in [3.63, 3.8) is 0 Å². The number of aromatic nitrogens is 1. The van der Waals surface area contributed by atoms with E-state index < -0.39 is 17.1 Å². The minimum atomic E-state index is -0.979. The number of hydrogen-bond acceptors (Lipinski definition) is 3. The maximum atomic E-state index is 11.7. The molecule has 1 atom stereocenters. The third-order valence-corrected chi connectivity index (χ3v) is 3.92. The van der Waals surface area contributed by atoms with Crippen molar-refractivity contribution in [1.82, 2.24) is 4.98 Å². The predicted octanol–water partition coefficient (Wildman–Crippen LogP) is 3.78. The van der Waals surface area contributed by atoms with Gasteiger partial charge in [0.25, 0.3) is 0 Å². The predicted molar refractivity (Wildman–Crippen MR) is 86.3 cm³/mol. The van der Waals surface area contributed by atoms with Gasteiger partial charge in [-0.3, -0.25) is 4.98 Å². The molecule has 1 heterocycles. The summed E-state index contributed by atoms with van der Waals surface area (Å²) in [5, 5.41) is 0. The largest absolute Gasteiger partial charge is 0.433 e. The van der Waals surface area contributed by atoms with E-state index in [0.29, 0.717) is 0 Å². The zero-order valence-corrected chi connectivity index (χ0v) is 13.5. The second-order valence-corrected chi connectivity index (χ2v) is 6.40. The molecule has 0 fully saturated rings. The average molecular weight is 298 g/mol. The van der Waals surface area contributed by atoms with E-state index in [9.17, 15) is 4.79 Å². The number of primary amides is 1. The van der Waals surface area contributed by atoms with Crippen molar-refractivity contribution >= 4 is 6.09 Å². The van der Waals surface area contributed by atoms with E-state index >= 15 is 0 Å². The molecule has 0 saturated heterocycles. The molecule has 0 spiro atoms. The van der Waals surface area contributed by atoms with E-state index in [1.165, 1.54) is 0 Å². The zero-order valence-electron chi connectivity index (χ0n) is 13.5. The molecule has 0 aliphatic heterocycles. The lowest BCUT2D eigenvalue weighted by Crippen LogP contribution is -2.47. The maximum Gasteiger partial charge on any atom is 0.405 e. The summed E-state index contributed by atoms with van der Waals surface area (Å²) in [5.74, 6) is 0. The molecule has 0 aliphatic rings. The molecule has 0 bridgehead atoms. The summed E-state index contributed by atoms with van der Waals surface area (Å²) >= 11 is 0. The summed E-state index contributed by atoms with van der Waals surface area (Å²) < 4.78 is 5.77. The summed E-state index contributed by atoms with van der Waals surface area (Å²) in [6, 6.07) is 11.6. The molecule has 1 aromatic heterocycles. The first-order valence-electron chi connectivity index (χ1n) is 7.24. The third-order valence-electron chi connectivity index (χ3n) is 3.92. The standard InChI is InChI=1S/C18H22N2O2/c1-13-7-5-6-8-15(13)18(17(2,3)4,22-16(19)21)14-9-11-20-12-10-14/h5-12H,1-4H3,(H2,19,21). The topological polar surface area (TPSA) is 65.2 Å². The van der Waals surface area contributed by atoms with Crippen molar-refractivity contribution in [2.24, 2.45) is 11.1 Å². The Hall–Kier alpha value is -2.36. The molecule has 2 aromatic rings. The van der Waals surface area contributed by atoms with Gasteiger partial charge in [0.15, 0.2) is 5.60 Å². The summed E-state index contributed by atoms with van der Waals surface area (Å²) in [4.78, 5) is 15.8. The molecular formula is C18H22N2O2. The number of aryl methyl sites for hydroxylation is 1. The maximum absolute atomic E-state index is 11.7. The fourth-order valence-electron chi connectivity index (χ4n) is 2.96. The number of nitrogens with zero attached hydrogens (tertiary/aromatic N) is 1. The third kappa shape index (κ3) is 2.69. The van der Waals surface area contributed by atoms with E-state index in [1.54, 1.807) is 12.4 Å². The second kappa shape index (κ2) is 5.79. The molecule has 4 heteroatoms. The first-order valence-corrected chi connectivity index (χ1v) is 7.24. The van der Waals surface area contributed by atoms with Gasteiger partial charge >= 0.3 is 6.09 Å². The number of hydrogen-bond donors (Lipinski definition) is 1. The second-order valence-electron chi connectivity index (χ2n) is 6.40. The summed E-state index contributed by atoms with van der Waals surface area (Å²) in [7, 11) is 0. The summed E-state index contributed by atoms with van der Waals surface area (Å²) in [6.45, 7) is 8.09. The van der Waals surface area contributed by atoms with Crippen LogP contribution in [-0.4, -0.2) is 11.1 Å². The smallest absolute Gasteiger partial charge is 0.405 e. The van der Waals surface area contributed by atoms with Crippen LogP contribution < -0.4 is 5.73 Å². The fourth-order valence-corrected chi connectivity index (χ4v) is 2.96. The number of benzene rings is 1. The minimum absolute atomic E-state index is 0.407. The van der Waals surface area contributed by atoms with Crippen LogP contribution in [0.2, 0.25) is 0 Å². The van der Waals surface area contributed by atoms with Crippen LogP contribution in [0.1, 0.15) is 37.5 Å². The van der Waals surface area contributed by atoms with Gasteiger partial charge in [-0.2, -0.15) is 0 Å². The van der Waals surface area contributed by atoms with E-state index in [0.717, 1.165) is 16.7 Å². The van der Waals surface area contributed by atoms with Gasteiger partial charge < -0.3 is 10.5 Å². The van der Waals surface area contributed by atoms with Crippen LogP contribution in [0.25, 0.3) is 0 Å². The Morgan fingerprint density at radius 1 is 1.09 bits per heavy atom. The highest BCUT2D eigenvalue weighted by molar-refractivity contribution is 5.67. The van der Waals surface area contributed by atoms with Gasteiger partial charge in [-0.05, 0) is 24.6 Å². The van der Waals surface area contributed by atoms with Gasteiger partial charge in [0.1, 0.15) is 0 Å². The highest BCUT2D eigenvalue weighted by Crippen LogP contribution is 2.48. The molecular weight excluding hydrogens is 276 g/mol. The van der Waals surface area contributed by atoms with Gasteiger partial charge in [0.05, 0.1) is 0 Å². The SMILES string of the molecule is Cc1ccccc1C(OC(N)=O)(c1ccncc1)C(C)(C)C. The van der Waals surface area contributed by atoms with Crippen LogP contribution in [0.4, 0.5) is 4.79 Å². The molecule has 22 heavy (non-hydrogen) atoms. The molecule has 0 radical (unpaired) electrons. The van der Waals surface area contributed by atoms with E-state index in [-0.39, 0.29) is 0 Å². The van der Waals surface area contributed by atoms with Crippen LogP contribution in [0.5, 0.6) is 0 Å². The number of nitrogens with two attached hydrogens (primary N) is 1. The number of ether oxygens (including phenoxy) is 1. The molecule has 4 nitrogen and oxygen atoms in total. The Labute approximate surface area is 131 Å². The van der Waals surface area contributed by atoms with Gasteiger partial charge in [0.2, 0.25) is 0 Å². The van der Waals surface area contributed by atoms with Crippen LogP contribution in [-0.2, 0) is 10.3 Å². The van der Waals surface area contributed by atoms with Gasteiger partial charge in [-0.1, -0.05) is 45.0 Å². The summed E-state index contributed by atoms with van der Waals surface area (Å²) in [6.07, 6.45) is 2.59. The van der Waals surface area contributed by atoms with Gasteiger partial charge in [0, 0.05) is 28.9 Å². The average Bonchev–Trinajstić information content (AvgIpc) is 2.45. The first kappa shape index (κ1) is 16.0. The number of pyridine rings is 1. The monoisotopic (exact) mass is 298 g/mol. The molecule has 2 rings (SSSR count). The fraction of sp³-hybridized carbons (Fsp3) is 0.333. The van der Waals surface area contributed by atoms with Crippen LogP contribution in [0.15, 0.2) is 48.8 Å². The molecule has 2 N–H and O–H groups in total. The highest BCUT2D eigenvalue weighted by Gasteiger charge is 2.49. The van der Waals surface area contributed by atoms with Crippen LogP contribution in [0.3, 0.4) is 0 Å². The lowest BCUT2D eigenvalue weighted by molar-refractivity contribution is -0.0379. The Morgan fingerprint density at radius 2 is 1.68 bits per heavy atom. The Kier molecular flexibility index (Phi) is 4.22. The number of carbonyl (C=O) groups is 1. The number of amides is 1. The molecule has 116 valence electrons. The van der Waals surface area contributed by atoms with Crippen molar-refractivity contribution in [3.05, 3.63) is 65.5 Å². The lowest BCUT2D eigenvalue weighted by Gasteiger charge is -2.45. The minimum Gasteiger partial charge on any atom is -0.433 e. The Bertz CT molecular complexity index is 662.